The molecule has 0 aromatic heterocycles. The monoisotopic (exact) mass is 274 g/mol. The summed E-state index contributed by atoms with van der Waals surface area (Å²) in [6.45, 7) is -0.0481. The minimum absolute atomic E-state index is 0.0121. The van der Waals surface area contributed by atoms with Crippen LogP contribution in [0.25, 0.3) is 0 Å². The lowest BCUT2D eigenvalue weighted by Crippen LogP contribution is -2.38. The van der Waals surface area contributed by atoms with Crippen molar-refractivity contribution in [2.24, 2.45) is 11.7 Å². The van der Waals surface area contributed by atoms with Gasteiger partial charge in [0, 0.05) is 12.1 Å². The average Bonchev–Trinajstić information content (AvgIpc) is 2.96. The Morgan fingerprint density at radius 1 is 1.15 bits per heavy atom. The molecule has 0 radical (unpaired) electrons. The summed E-state index contributed by atoms with van der Waals surface area (Å²) in [5, 5.41) is 0. The summed E-state index contributed by atoms with van der Waals surface area (Å²) in [4.78, 5) is 25.0. The Morgan fingerprint density at radius 2 is 1.80 bits per heavy atom. The second kappa shape index (κ2) is 7.08. The van der Waals surface area contributed by atoms with E-state index < -0.39 is 5.91 Å². The normalized spacial score (nSPS) is 15.2. The fraction of sp³-hybridized carbons (Fsp3) is 0.500. The van der Waals surface area contributed by atoms with Crippen molar-refractivity contribution in [3.05, 3.63) is 30.3 Å². The van der Waals surface area contributed by atoms with Gasteiger partial charge < -0.3 is 10.6 Å². The van der Waals surface area contributed by atoms with Crippen LogP contribution < -0.4 is 10.6 Å². The first-order chi connectivity index (χ1) is 9.66. The van der Waals surface area contributed by atoms with Crippen molar-refractivity contribution in [2.75, 3.05) is 11.4 Å². The molecule has 0 heterocycles. The van der Waals surface area contributed by atoms with Gasteiger partial charge in [-0.2, -0.15) is 0 Å². The van der Waals surface area contributed by atoms with E-state index in [0.29, 0.717) is 12.3 Å². The topological polar surface area (TPSA) is 63.4 Å². The molecule has 0 unspecified atom stereocenters. The van der Waals surface area contributed by atoms with Crippen molar-refractivity contribution in [2.45, 2.75) is 38.5 Å². The van der Waals surface area contributed by atoms with Gasteiger partial charge in [-0.1, -0.05) is 43.9 Å². The number of nitrogens with two attached hydrogens (primary N) is 1. The van der Waals surface area contributed by atoms with E-state index in [2.05, 4.69) is 0 Å². The molecule has 108 valence electrons. The van der Waals surface area contributed by atoms with Gasteiger partial charge in [0.2, 0.25) is 11.8 Å². The highest BCUT2D eigenvalue weighted by Gasteiger charge is 2.21. The first-order valence-corrected chi connectivity index (χ1v) is 7.30. The van der Waals surface area contributed by atoms with Crippen molar-refractivity contribution < 1.29 is 9.59 Å². The minimum atomic E-state index is -0.483. The van der Waals surface area contributed by atoms with Crippen molar-refractivity contribution >= 4 is 17.5 Å². The van der Waals surface area contributed by atoms with E-state index in [0.717, 1.165) is 12.1 Å². The van der Waals surface area contributed by atoms with Crippen molar-refractivity contribution in [3.63, 3.8) is 0 Å². The Balaban J connectivity index is 1.98. The maximum absolute atomic E-state index is 12.4. The van der Waals surface area contributed by atoms with Gasteiger partial charge in [0.1, 0.15) is 6.54 Å². The Labute approximate surface area is 119 Å². The molecule has 1 aliphatic rings. The van der Waals surface area contributed by atoms with Crippen LogP contribution in [0.5, 0.6) is 0 Å². The van der Waals surface area contributed by atoms with E-state index >= 15 is 0 Å². The zero-order valence-electron chi connectivity index (χ0n) is 11.8. The number of primary amides is 1. The number of anilines is 1. The molecule has 20 heavy (non-hydrogen) atoms. The lowest BCUT2D eigenvalue weighted by atomic mass is 10.0. The Kier molecular flexibility index (Phi) is 5.16. The van der Waals surface area contributed by atoms with Gasteiger partial charge in [-0.05, 0) is 24.5 Å². The molecule has 1 aliphatic carbocycles. The number of para-hydroxylation sites is 1. The van der Waals surface area contributed by atoms with Gasteiger partial charge in [-0.3, -0.25) is 9.59 Å². The van der Waals surface area contributed by atoms with Crippen LogP contribution in [-0.2, 0) is 9.59 Å². The smallest absolute Gasteiger partial charge is 0.237 e. The third-order valence-electron chi connectivity index (χ3n) is 3.92. The van der Waals surface area contributed by atoms with Crippen LogP contribution >= 0.6 is 0 Å². The lowest BCUT2D eigenvalue weighted by molar-refractivity contribution is -0.122. The second-order valence-corrected chi connectivity index (χ2v) is 5.47. The summed E-state index contributed by atoms with van der Waals surface area (Å²) in [6.07, 6.45) is 6.43. The van der Waals surface area contributed by atoms with Gasteiger partial charge in [0.25, 0.3) is 0 Å². The molecule has 2 N–H and O–H groups in total. The molecule has 1 fully saturated rings. The second-order valence-electron chi connectivity index (χ2n) is 5.47. The van der Waals surface area contributed by atoms with Crippen LogP contribution in [-0.4, -0.2) is 18.4 Å². The maximum atomic E-state index is 12.4. The number of carbonyl (C=O) groups is 2. The quantitative estimate of drug-likeness (QED) is 0.866. The third-order valence-corrected chi connectivity index (χ3v) is 3.92. The molecule has 2 rings (SSSR count). The van der Waals surface area contributed by atoms with E-state index in [4.69, 9.17) is 5.73 Å². The molecule has 0 spiro atoms. The predicted octanol–water partition coefficient (Wildman–Crippen LogP) is 2.48. The minimum Gasteiger partial charge on any atom is -0.368 e. The van der Waals surface area contributed by atoms with Crippen LogP contribution in [0.3, 0.4) is 0 Å². The van der Waals surface area contributed by atoms with Gasteiger partial charge in [-0.15, -0.1) is 0 Å². The SMILES string of the molecule is NC(=O)CN(C(=O)CCC1CCCC1)c1ccccc1. The van der Waals surface area contributed by atoms with Crippen LogP contribution in [0.15, 0.2) is 30.3 Å². The van der Waals surface area contributed by atoms with Crippen molar-refractivity contribution in [1.82, 2.24) is 0 Å². The number of benzene rings is 1. The van der Waals surface area contributed by atoms with Crippen molar-refractivity contribution in [1.29, 1.82) is 0 Å². The van der Waals surface area contributed by atoms with E-state index in [1.165, 1.54) is 30.6 Å². The summed E-state index contributed by atoms with van der Waals surface area (Å²) < 4.78 is 0. The summed E-state index contributed by atoms with van der Waals surface area (Å²) in [5.41, 5.74) is 5.99. The zero-order valence-corrected chi connectivity index (χ0v) is 11.8. The maximum Gasteiger partial charge on any atom is 0.237 e. The van der Waals surface area contributed by atoms with Crippen LogP contribution in [0.4, 0.5) is 5.69 Å². The van der Waals surface area contributed by atoms with Gasteiger partial charge in [-0.25, -0.2) is 0 Å². The summed E-state index contributed by atoms with van der Waals surface area (Å²) in [6, 6.07) is 9.25. The number of amides is 2. The number of carbonyl (C=O) groups excluding carboxylic acids is 2. The fourth-order valence-electron chi connectivity index (χ4n) is 2.85. The third kappa shape index (κ3) is 4.08. The van der Waals surface area contributed by atoms with E-state index in [1.54, 1.807) is 0 Å². The standard InChI is InChI=1S/C16H22N2O2/c17-15(19)12-18(14-8-2-1-3-9-14)16(20)11-10-13-6-4-5-7-13/h1-3,8-9,13H,4-7,10-12H2,(H2,17,19). The van der Waals surface area contributed by atoms with Crippen LogP contribution in [0.1, 0.15) is 38.5 Å². The molecule has 1 saturated carbocycles. The van der Waals surface area contributed by atoms with Crippen LogP contribution in [0.2, 0.25) is 0 Å². The molecule has 0 bridgehead atoms. The first kappa shape index (κ1) is 14.6. The summed E-state index contributed by atoms with van der Waals surface area (Å²) >= 11 is 0. The lowest BCUT2D eigenvalue weighted by Gasteiger charge is -2.22. The largest absolute Gasteiger partial charge is 0.368 e. The molecule has 2 amide bonds. The molecule has 1 aromatic rings. The number of hydrogen-bond acceptors (Lipinski definition) is 2. The average molecular weight is 274 g/mol. The number of hydrogen-bond donors (Lipinski definition) is 1. The predicted molar refractivity (Wildman–Crippen MR) is 79.2 cm³/mol. The zero-order chi connectivity index (χ0) is 14.4. The van der Waals surface area contributed by atoms with Crippen molar-refractivity contribution in [3.8, 4) is 0 Å². The number of rotatable bonds is 6. The highest BCUT2D eigenvalue weighted by Crippen LogP contribution is 2.29. The van der Waals surface area contributed by atoms with Crippen LogP contribution in [0, 0.1) is 5.92 Å². The molecule has 0 aliphatic heterocycles. The van der Waals surface area contributed by atoms with Gasteiger partial charge in [0.15, 0.2) is 0 Å². The molecule has 0 saturated heterocycles. The number of nitrogens with zero attached hydrogens (tertiary/aromatic N) is 1. The highest BCUT2D eigenvalue weighted by atomic mass is 16.2. The van der Waals surface area contributed by atoms with E-state index in [9.17, 15) is 9.59 Å². The molecular formula is C16H22N2O2. The Morgan fingerprint density at radius 3 is 2.40 bits per heavy atom. The Bertz CT molecular complexity index is 453. The highest BCUT2D eigenvalue weighted by molar-refractivity contribution is 5.98. The van der Waals surface area contributed by atoms with E-state index in [-0.39, 0.29) is 12.5 Å². The summed E-state index contributed by atoms with van der Waals surface area (Å²) in [5.74, 6) is 0.176. The van der Waals surface area contributed by atoms with Gasteiger partial charge in [0.05, 0.1) is 0 Å². The fourth-order valence-corrected chi connectivity index (χ4v) is 2.85. The molecule has 0 atom stereocenters. The Hall–Kier alpha value is -1.84. The first-order valence-electron chi connectivity index (χ1n) is 7.30. The molecular weight excluding hydrogens is 252 g/mol. The molecule has 1 aromatic carbocycles. The van der Waals surface area contributed by atoms with Gasteiger partial charge >= 0.3 is 0 Å². The molecule has 4 nitrogen and oxygen atoms in total. The molecule has 4 heteroatoms. The summed E-state index contributed by atoms with van der Waals surface area (Å²) in [7, 11) is 0. The van der Waals surface area contributed by atoms with E-state index in [1.807, 2.05) is 30.3 Å².